The molecule has 0 saturated carbocycles. The Morgan fingerprint density at radius 3 is 1.41 bits per heavy atom. The molecule has 102 valence electrons. The van der Waals surface area contributed by atoms with Crippen molar-refractivity contribution >= 4 is 18.4 Å². The van der Waals surface area contributed by atoms with Crippen LogP contribution in [0.4, 0.5) is 8.78 Å². The molecular weight excluding hydrogens is 325 g/mol. The average molecular weight is 353 g/mol. The molecule has 0 aromatic heterocycles. The van der Waals surface area contributed by atoms with Gasteiger partial charge in [-0.15, -0.1) is 0 Å². The van der Waals surface area contributed by atoms with Gasteiger partial charge in [0.25, 0.3) is 0 Å². The fraction of sp³-hybridized carbons (Fsp3) is 0.857. The summed E-state index contributed by atoms with van der Waals surface area (Å²) < 4.78 is 30.3. The minimum absolute atomic E-state index is 1.13. The van der Waals surface area contributed by atoms with Gasteiger partial charge in [0.05, 0.1) is 0 Å². The Balaban J connectivity index is 4.70. The Morgan fingerprint density at radius 1 is 0.824 bits per heavy atom. The summed E-state index contributed by atoms with van der Waals surface area (Å²) in [4.78, 5) is 0. The van der Waals surface area contributed by atoms with Crippen molar-refractivity contribution in [3.8, 4) is 0 Å². The van der Waals surface area contributed by atoms with Crippen molar-refractivity contribution < 1.29 is 8.78 Å². The first kappa shape index (κ1) is 17.4. The van der Waals surface area contributed by atoms with E-state index in [9.17, 15) is 8.78 Å². The number of unbranched alkanes of at least 4 members (excludes halogenated alkanes) is 3. The molecule has 0 atom stereocenters. The monoisotopic (exact) mass is 354 g/mol. The van der Waals surface area contributed by atoms with Crippen LogP contribution in [0.15, 0.2) is 10.2 Å². The van der Waals surface area contributed by atoms with E-state index in [1.54, 1.807) is 0 Å². The summed E-state index contributed by atoms with van der Waals surface area (Å²) in [5, 5.41) is 0. The molecule has 0 amide bonds. The second kappa shape index (κ2) is 10.3. The van der Waals surface area contributed by atoms with E-state index >= 15 is 0 Å². The van der Waals surface area contributed by atoms with Crippen LogP contribution in [0.25, 0.3) is 0 Å². The molecule has 0 fully saturated rings. The summed E-state index contributed by atoms with van der Waals surface area (Å²) in [6.07, 6.45) is 5.45. The molecule has 0 aliphatic rings. The van der Waals surface area contributed by atoms with Crippen molar-refractivity contribution in [1.82, 2.24) is 0 Å². The third kappa shape index (κ3) is 8.17. The van der Waals surface area contributed by atoms with E-state index in [0.29, 0.717) is 0 Å². The van der Waals surface area contributed by atoms with Crippen LogP contribution in [0.5, 0.6) is 0 Å². The molecular formula is C14H28F2Sn. The van der Waals surface area contributed by atoms with Crippen LogP contribution in [0.2, 0.25) is 13.3 Å². The fourth-order valence-corrected chi connectivity index (χ4v) is 16.2. The Bertz CT molecular complexity index is 188. The first-order valence-electron chi connectivity index (χ1n) is 7.14. The van der Waals surface area contributed by atoms with Crippen LogP contribution >= 0.6 is 0 Å². The van der Waals surface area contributed by atoms with E-state index in [4.69, 9.17) is 0 Å². The van der Waals surface area contributed by atoms with E-state index in [1.165, 1.54) is 4.09 Å². The van der Waals surface area contributed by atoms with Gasteiger partial charge in [0.2, 0.25) is 0 Å². The zero-order valence-electron chi connectivity index (χ0n) is 11.7. The van der Waals surface area contributed by atoms with E-state index < -0.39 is 24.5 Å². The molecule has 0 spiro atoms. The average Bonchev–Trinajstić information content (AvgIpc) is 2.30. The van der Waals surface area contributed by atoms with Crippen LogP contribution in [0.3, 0.4) is 0 Å². The molecule has 0 rings (SSSR count). The molecule has 0 N–H and O–H groups in total. The van der Waals surface area contributed by atoms with Gasteiger partial charge in [-0.1, -0.05) is 0 Å². The molecule has 0 aliphatic heterocycles. The number of hydrogen-bond acceptors (Lipinski definition) is 0. The molecule has 0 radical (unpaired) electrons. The molecule has 0 aromatic carbocycles. The van der Waals surface area contributed by atoms with E-state index in [0.717, 1.165) is 51.8 Å². The summed E-state index contributed by atoms with van der Waals surface area (Å²) in [6.45, 7) is 6.48. The maximum absolute atomic E-state index is 12.7. The summed E-state index contributed by atoms with van der Waals surface area (Å²) in [6, 6.07) is 0. The molecule has 0 unspecified atom stereocenters. The van der Waals surface area contributed by atoms with Gasteiger partial charge in [0.1, 0.15) is 0 Å². The second-order valence-corrected chi connectivity index (χ2v) is 18.0. The Kier molecular flexibility index (Phi) is 10.6. The summed E-state index contributed by atoms with van der Waals surface area (Å²) >= 11 is -2.65. The molecule has 0 heterocycles. The SMILES string of the molecule is CCC[CH2][Sn]([CH]=C(F)F)([CH2]CCC)[CH2]CCC. The summed E-state index contributed by atoms with van der Waals surface area (Å²) in [7, 11) is 0. The van der Waals surface area contributed by atoms with Crippen molar-refractivity contribution in [2.24, 2.45) is 0 Å². The quantitative estimate of drug-likeness (QED) is 0.413. The van der Waals surface area contributed by atoms with Gasteiger partial charge >= 0.3 is 110 Å². The molecule has 0 bridgehead atoms. The summed E-state index contributed by atoms with van der Waals surface area (Å²) in [5.41, 5.74) is 0. The van der Waals surface area contributed by atoms with Gasteiger partial charge in [-0.3, -0.25) is 0 Å². The maximum atomic E-state index is 12.7. The third-order valence-electron chi connectivity index (χ3n) is 3.50. The van der Waals surface area contributed by atoms with Crippen molar-refractivity contribution in [3.05, 3.63) is 10.2 Å². The summed E-state index contributed by atoms with van der Waals surface area (Å²) in [5.74, 6) is 0. The van der Waals surface area contributed by atoms with Gasteiger partial charge in [-0.25, -0.2) is 0 Å². The van der Waals surface area contributed by atoms with Crippen molar-refractivity contribution in [2.75, 3.05) is 0 Å². The minimum atomic E-state index is -2.65. The van der Waals surface area contributed by atoms with Crippen LogP contribution in [-0.2, 0) is 0 Å². The first-order chi connectivity index (χ1) is 8.10. The van der Waals surface area contributed by atoms with Crippen LogP contribution in [0.1, 0.15) is 59.3 Å². The second-order valence-electron chi connectivity index (χ2n) is 5.11. The van der Waals surface area contributed by atoms with Crippen LogP contribution < -0.4 is 0 Å². The van der Waals surface area contributed by atoms with Gasteiger partial charge < -0.3 is 0 Å². The van der Waals surface area contributed by atoms with Crippen molar-refractivity contribution in [1.29, 1.82) is 0 Å². The molecule has 3 heteroatoms. The van der Waals surface area contributed by atoms with E-state index in [2.05, 4.69) is 20.8 Å². The van der Waals surface area contributed by atoms with Crippen LogP contribution in [0, 0.1) is 0 Å². The standard InChI is InChI=1S/3C4H9.C2HF2.Sn/c3*1-3-4-2;1-2(3)4;/h3*1,3-4H2,2H3;1H;. The van der Waals surface area contributed by atoms with Gasteiger partial charge in [-0.05, 0) is 0 Å². The predicted octanol–water partition coefficient (Wildman–Crippen LogP) is 6.16. The normalized spacial score (nSPS) is 11.6. The Labute approximate surface area is 110 Å². The fourth-order valence-electron chi connectivity index (χ4n) is 2.41. The molecule has 0 aromatic rings. The Hall–Kier alpha value is 0.399. The number of rotatable bonds is 10. The molecule has 0 saturated heterocycles. The number of hydrogen-bond donors (Lipinski definition) is 0. The van der Waals surface area contributed by atoms with Gasteiger partial charge in [0.15, 0.2) is 0 Å². The predicted molar refractivity (Wildman–Crippen MR) is 75.2 cm³/mol. The number of halogens is 2. The molecule has 17 heavy (non-hydrogen) atoms. The first-order valence-corrected chi connectivity index (χ1v) is 14.8. The third-order valence-corrected chi connectivity index (χ3v) is 17.4. The van der Waals surface area contributed by atoms with Crippen molar-refractivity contribution in [3.63, 3.8) is 0 Å². The topological polar surface area (TPSA) is 0 Å². The van der Waals surface area contributed by atoms with Crippen LogP contribution in [-0.4, -0.2) is 18.4 Å². The molecule has 0 aliphatic carbocycles. The van der Waals surface area contributed by atoms with Gasteiger partial charge in [0, 0.05) is 0 Å². The zero-order valence-corrected chi connectivity index (χ0v) is 14.6. The molecule has 0 nitrogen and oxygen atoms in total. The van der Waals surface area contributed by atoms with Gasteiger partial charge in [-0.2, -0.15) is 0 Å². The Morgan fingerprint density at radius 2 is 1.18 bits per heavy atom. The van der Waals surface area contributed by atoms with Crippen molar-refractivity contribution in [2.45, 2.75) is 72.6 Å². The van der Waals surface area contributed by atoms with E-state index in [1.807, 2.05) is 0 Å². The zero-order chi connectivity index (χ0) is 13.1. The van der Waals surface area contributed by atoms with E-state index in [-0.39, 0.29) is 0 Å².